The van der Waals surface area contributed by atoms with Crippen molar-refractivity contribution < 1.29 is 34.7 Å². The van der Waals surface area contributed by atoms with Crippen LogP contribution in [0.5, 0.6) is 0 Å². The Morgan fingerprint density at radius 1 is 1.44 bits per heavy atom. The summed E-state index contributed by atoms with van der Waals surface area (Å²) >= 11 is 0. The van der Waals surface area contributed by atoms with Crippen molar-refractivity contribution in [1.29, 1.82) is 0 Å². The van der Waals surface area contributed by atoms with E-state index in [0.717, 1.165) is 0 Å². The molecule has 0 radical (unpaired) electrons. The van der Waals surface area contributed by atoms with Gasteiger partial charge in [0.1, 0.15) is 24.4 Å². The van der Waals surface area contributed by atoms with Gasteiger partial charge in [-0.3, -0.25) is 4.79 Å². The summed E-state index contributed by atoms with van der Waals surface area (Å²) in [7, 11) is 0. The number of esters is 1. The number of carbonyl (C=O) groups is 1. The Morgan fingerprint density at radius 3 is 2.62 bits per heavy atom. The van der Waals surface area contributed by atoms with E-state index in [4.69, 9.17) is 20.7 Å². The number of rotatable bonds is 3. The molecule has 1 unspecified atom stereocenters. The predicted octanol–water partition coefficient (Wildman–Crippen LogP) is -3.71. The summed E-state index contributed by atoms with van der Waals surface area (Å²) in [6.07, 6.45) is -5.66. The molecular weight excluding hydrogens is 222 g/mol. The normalized spacial score (nSPS) is 36.8. The van der Waals surface area contributed by atoms with Gasteiger partial charge in [0, 0.05) is 0 Å². The molecule has 0 aromatic rings. The quantitative estimate of drug-likeness (QED) is 0.315. The van der Waals surface area contributed by atoms with Gasteiger partial charge in [0.25, 0.3) is 0 Å². The average Bonchev–Trinajstić information content (AvgIpc) is 2.28. The molecule has 1 fully saturated rings. The van der Waals surface area contributed by atoms with E-state index in [2.05, 4.69) is 4.74 Å². The second-order valence-corrected chi connectivity index (χ2v) is 3.48. The van der Waals surface area contributed by atoms with Gasteiger partial charge in [-0.05, 0) is 0 Å². The highest BCUT2D eigenvalue weighted by Crippen LogP contribution is 2.16. The molecule has 0 spiro atoms. The molecule has 1 aliphatic rings. The lowest BCUT2D eigenvalue weighted by Gasteiger charge is -2.34. The van der Waals surface area contributed by atoms with Crippen LogP contribution in [0, 0.1) is 0 Å². The van der Waals surface area contributed by atoms with Crippen LogP contribution in [0.4, 0.5) is 0 Å². The molecule has 5 atom stereocenters. The molecule has 16 heavy (non-hydrogen) atoms. The molecule has 0 bridgehead atoms. The van der Waals surface area contributed by atoms with Crippen molar-refractivity contribution in [3.63, 3.8) is 0 Å². The minimum atomic E-state index is -1.56. The molecule has 8 nitrogen and oxygen atoms in total. The fraction of sp³-hybridized carbons (Fsp3) is 0.875. The fourth-order valence-corrected chi connectivity index (χ4v) is 1.16. The van der Waals surface area contributed by atoms with Gasteiger partial charge < -0.3 is 35.6 Å². The maximum Gasteiger partial charge on any atom is 0.327 e. The summed E-state index contributed by atoms with van der Waals surface area (Å²) < 4.78 is 9.41. The van der Waals surface area contributed by atoms with Crippen LogP contribution < -0.4 is 5.73 Å². The van der Waals surface area contributed by atoms with Crippen molar-refractivity contribution in [3.05, 3.63) is 0 Å². The van der Waals surface area contributed by atoms with E-state index in [1.807, 2.05) is 0 Å². The maximum absolute atomic E-state index is 11.1. The first-order chi connectivity index (χ1) is 7.47. The summed E-state index contributed by atoms with van der Waals surface area (Å²) in [6, 6.07) is -1.24. The highest BCUT2D eigenvalue weighted by Gasteiger charge is 2.40. The molecule has 1 rings (SSSR count). The summed E-state index contributed by atoms with van der Waals surface area (Å²) in [5.74, 6) is -0.963. The molecule has 8 heteroatoms. The third-order valence-corrected chi connectivity index (χ3v) is 2.19. The molecule has 6 N–H and O–H groups in total. The Bertz CT molecular complexity index is 249. The highest BCUT2D eigenvalue weighted by atomic mass is 16.7. The summed E-state index contributed by atoms with van der Waals surface area (Å²) in [5, 5.41) is 36.4. The minimum Gasteiger partial charge on any atom is -0.432 e. The van der Waals surface area contributed by atoms with E-state index in [-0.39, 0.29) is 6.61 Å². The van der Waals surface area contributed by atoms with Gasteiger partial charge in [-0.2, -0.15) is 0 Å². The van der Waals surface area contributed by atoms with Crippen molar-refractivity contribution in [2.75, 3.05) is 13.2 Å². The Morgan fingerprint density at radius 2 is 2.06 bits per heavy atom. The van der Waals surface area contributed by atoms with Gasteiger partial charge in [0.15, 0.2) is 0 Å². The smallest absolute Gasteiger partial charge is 0.327 e. The van der Waals surface area contributed by atoms with Gasteiger partial charge in [-0.15, -0.1) is 0 Å². The van der Waals surface area contributed by atoms with Crippen LogP contribution in [0.2, 0.25) is 0 Å². The SMILES string of the molecule is N[C@@H](CO)C(=O)OC1OC[C@@H](O)[C@H](O)[C@H]1O. The van der Waals surface area contributed by atoms with Crippen LogP contribution in [0.25, 0.3) is 0 Å². The lowest BCUT2D eigenvalue weighted by Crippen LogP contribution is -2.55. The first-order valence-electron chi connectivity index (χ1n) is 4.70. The van der Waals surface area contributed by atoms with Crippen molar-refractivity contribution in [3.8, 4) is 0 Å². The number of hydrogen-bond acceptors (Lipinski definition) is 8. The van der Waals surface area contributed by atoms with E-state index in [9.17, 15) is 15.0 Å². The second kappa shape index (κ2) is 5.53. The van der Waals surface area contributed by atoms with Gasteiger partial charge in [-0.1, -0.05) is 0 Å². The van der Waals surface area contributed by atoms with Crippen molar-refractivity contribution in [2.45, 2.75) is 30.6 Å². The zero-order valence-electron chi connectivity index (χ0n) is 8.39. The lowest BCUT2D eigenvalue weighted by molar-refractivity contribution is -0.263. The van der Waals surface area contributed by atoms with Crippen molar-refractivity contribution >= 4 is 5.97 Å². The highest BCUT2D eigenvalue weighted by molar-refractivity contribution is 5.75. The number of ether oxygens (including phenoxy) is 2. The van der Waals surface area contributed by atoms with Crippen LogP contribution in [-0.4, -0.2) is 70.3 Å². The molecule has 0 aromatic carbocycles. The molecule has 0 aliphatic carbocycles. The van der Waals surface area contributed by atoms with E-state index >= 15 is 0 Å². The second-order valence-electron chi connectivity index (χ2n) is 3.48. The number of aliphatic hydroxyl groups excluding tert-OH is 4. The topological polar surface area (TPSA) is 142 Å². The molecule has 94 valence electrons. The van der Waals surface area contributed by atoms with Crippen molar-refractivity contribution in [2.24, 2.45) is 5.73 Å². The number of nitrogens with two attached hydrogens (primary N) is 1. The average molecular weight is 237 g/mol. The summed E-state index contributed by atoms with van der Waals surface area (Å²) in [6.45, 7) is -0.878. The van der Waals surface area contributed by atoms with Crippen LogP contribution in [0.1, 0.15) is 0 Å². The minimum absolute atomic E-state index is 0.273. The zero-order chi connectivity index (χ0) is 12.3. The molecule has 1 saturated heterocycles. The maximum atomic E-state index is 11.1. The van der Waals surface area contributed by atoms with Crippen LogP contribution in [0.15, 0.2) is 0 Å². The van der Waals surface area contributed by atoms with Crippen molar-refractivity contribution in [1.82, 2.24) is 0 Å². The van der Waals surface area contributed by atoms with Gasteiger partial charge >= 0.3 is 5.97 Å². The third kappa shape index (κ3) is 2.88. The predicted molar refractivity (Wildman–Crippen MR) is 48.9 cm³/mol. The number of hydrogen-bond donors (Lipinski definition) is 5. The summed E-state index contributed by atoms with van der Waals surface area (Å²) in [4.78, 5) is 11.1. The summed E-state index contributed by atoms with van der Waals surface area (Å²) in [5.41, 5.74) is 5.17. The Balaban J connectivity index is 2.52. The monoisotopic (exact) mass is 237 g/mol. The molecule has 0 amide bonds. The van der Waals surface area contributed by atoms with Gasteiger partial charge in [-0.25, -0.2) is 0 Å². The van der Waals surface area contributed by atoms with Crippen LogP contribution in [-0.2, 0) is 14.3 Å². The Hall–Kier alpha value is -0.770. The molecular formula is C8H15NO7. The lowest BCUT2D eigenvalue weighted by atomic mass is 10.1. The van der Waals surface area contributed by atoms with Gasteiger partial charge in [0.05, 0.1) is 13.2 Å². The molecule has 1 aliphatic heterocycles. The Kier molecular flexibility index (Phi) is 4.59. The van der Waals surface area contributed by atoms with E-state index in [0.29, 0.717) is 0 Å². The third-order valence-electron chi connectivity index (χ3n) is 2.19. The Labute approximate surface area is 91.2 Å². The first-order valence-corrected chi connectivity index (χ1v) is 4.70. The van der Waals surface area contributed by atoms with E-state index < -0.39 is 43.2 Å². The van der Waals surface area contributed by atoms with Crippen LogP contribution in [0.3, 0.4) is 0 Å². The van der Waals surface area contributed by atoms with Gasteiger partial charge in [0.2, 0.25) is 6.29 Å². The van der Waals surface area contributed by atoms with Crippen LogP contribution >= 0.6 is 0 Å². The number of carbonyl (C=O) groups excluding carboxylic acids is 1. The molecule has 1 heterocycles. The fourth-order valence-electron chi connectivity index (χ4n) is 1.16. The largest absolute Gasteiger partial charge is 0.432 e. The first kappa shape index (κ1) is 13.3. The van der Waals surface area contributed by atoms with E-state index in [1.165, 1.54) is 0 Å². The number of aliphatic hydroxyl groups is 4. The van der Waals surface area contributed by atoms with E-state index in [1.54, 1.807) is 0 Å². The standard InChI is InChI=1S/C8H15NO7/c9-3(1-10)7(14)16-8-6(13)5(12)4(11)2-15-8/h3-6,8,10-13H,1-2,9H2/t3-,4+,5-,6+,8?/m0/s1. The molecule has 0 aromatic heterocycles. The molecule has 0 saturated carbocycles. The zero-order valence-corrected chi connectivity index (χ0v) is 8.39.